The number of thiophene rings is 1. The van der Waals surface area contributed by atoms with E-state index in [0.717, 1.165) is 41.1 Å². The molecule has 5 rings (SSSR count). The molecule has 1 aliphatic heterocycles. The summed E-state index contributed by atoms with van der Waals surface area (Å²) in [6, 6.07) is 11.8. The molecule has 0 radical (unpaired) electrons. The van der Waals surface area contributed by atoms with Crippen LogP contribution in [0.3, 0.4) is 0 Å². The molecule has 0 atom stereocenters. The third-order valence-electron chi connectivity index (χ3n) is 4.80. The second-order valence-corrected chi connectivity index (χ2v) is 7.75. The van der Waals surface area contributed by atoms with E-state index in [2.05, 4.69) is 30.4 Å². The fourth-order valence-electron chi connectivity index (χ4n) is 3.26. The van der Waals surface area contributed by atoms with Gasteiger partial charge in [0.2, 0.25) is 5.95 Å². The smallest absolute Gasteiger partial charge is 0.268 e. The Morgan fingerprint density at radius 1 is 1.26 bits per heavy atom. The van der Waals surface area contributed by atoms with Crippen LogP contribution in [0, 0.1) is 5.92 Å². The van der Waals surface area contributed by atoms with E-state index in [1.807, 2.05) is 42.6 Å². The van der Waals surface area contributed by atoms with Crippen LogP contribution < -0.4 is 10.6 Å². The molecule has 7 nitrogen and oxygen atoms in total. The summed E-state index contributed by atoms with van der Waals surface area (Å²) in [6.45, 7) is 2.84. The van der Waals surface area contributed by atoms with Gasteiger partial charge >= 0.3 is 0 Å². The standard InChI is InChI=1S/C19H18N6OS/c26-18(17-6-5-16(27-17)13-9-21-22-10-13)24-19-23-14-3-1-2-4-15(14)25(19)11-12-7-20-8-12/h1-6,9-10,12,20H,7-8,11H2,(H,21,22)(H,23,24,26). The molecule has 1 saturated heterocycles. The quantitative estimate of drug-likeness (QED) is 0.498. The number of anilines is 1. The summed E-state index contributed by atoms with van der Waals surface area (Å²) in [5.74, 6) is 1.03. The lowest BCUT2D eigenvalue weighted by Gasteiger charge is -2.28. The van der Waals surface area contributed by atoms with Crippen molar-refractivity contribution >= 4 is 34.2 Å². The van der Waals surface area contributed by atoms with E-state index in [1.54, 1.807) is 6.20 Å². The first-order valence-corrected chi connectivity index (χ1v) is 9.66. The highest BCUT2D eigenvalue weighted by Gasteiger charge is 2.22. The molecule has 1 aliphatic rings. The van der Waals surface area contributed by atoms with Crippen molar-refractivity contribution in [3.8, 4) is 10.4 Å². The number of nitrogens with one attached hydrogen (secondary N) is 3. The van der Waals surface area contributed by atoms with Crippen molar-refractivity contribution in [2.24, 2.45) is 5.92 Å². The average molecular weight is 378 g/mol. The number of para-hydroxylation sites is 2. The van der Waals surface area contributed by atoms with Crippen molar-refractivity contribution in [2.75, 3.05) is 18.4 Å². The molecule has 0 spiro atoms. The molecule has 0 unspecified atom stereocenters. The SMILES string of the molecule is O=C(Nc1nc2ccccc2n1CC1CNC1)c1ccc(-c2cn[nH]c2)s1. The molecule has 4 aromatic rings. The van der Waals surface area contributed by atoms with Gasteiger partial charge in [-0.1, -0.05) is 12.1 Å². The zero-order valence-corrected chi connectivity index (χ0v) is 15.3. The number of nitrogens with zero attached hydrogens (tertiary/aromatic N) is 3. The van der Waals surface area contributed by atoms with Gasteiger partial charge in [-0.05, 0) is 24.3 Å². The molecule has 1 amide bonds. The number of fused-ring (bicyclic) bond motifs is 1. The van der Waals surface area contributed by atoms with Crippen molar-refractivity contribution < 1.29 is 4.79 Å². The first-order valence-electron chi connectivity index (χ1n) is 8.84. The summed E-state index contributed by atoms with van der Waals surface area (Å²) in [4.78, 5) is 19.1. The molecule has 3 aromatic heterocycles. The van der Waals surface area contributed by atoms with Crippen LogP contribution in [0.5, 0.6) is 0 Å². The Morgan fingerprint density at radius 2 is 2.15 bits per heavy atom. The molecule has 8 heteroatoms. The van der Waals surface area contributed by atoms with Crippen LogP contribution >= 0.6 is 11.3 Å². The van der Waals surface area contributed by atoms with Crippen LogP contribution in [0.2, 0.25) is 0 Å². The topological polar surface area (TPSA) is 87.6 Å². The summed E-state index contributed by atoms with van der Waals surface area (Å²) in [7, 11) is 0. The maximum Gasteiger partial charge on any atom is 0.268 e. The Balaban J connectivity index is 1.43. The molecule has 136 valence electrons. The maximum atomic E-state index is 12.8. The van der Waals surface area contributed by atoms with Crippen LogP contribution in [-0.4, -0.2) is 38.7 Å². The number of aromatic nitrogens is 4. The Morgan fingerprint density at radius 3 is 2.93 bits per heavy atom. The molecule has 0 bridgehead atoms. The first-order chi connectivity index (χ1) is 13.3. The van der Waals surface area contributed by atoms with Gasteiger partial charge in [0.25, 0.3) is 5.91 Å². The number of benzene rings is 1. The minimum atomic E-state index is -0.141. The summed E-state index contributed by atoms with van der Waals surface area (Å²) in [5, 5.41) is 13.1. The highest BCUT2D eigenvalue weighted by atomic mass is 32.1. The normalized spacial score (nSPS) is 14.4. The van der Waals surface area contributed by atoms with E-state index in [0.29, 0.717) is 16.7 Å². The maximum absolute atomic E-state index is 12.8. The van der Waals surface area contributed by atoms with E-state index < -0.39 is 0 Å². The number of aromatic amines is 1. The predicted octanol–water partition coefficient (Wildman–Crippen LogP) is 2.96. The number of rotatable bonds is 5. The van der Waals surface area contributed by atoms with Gasteiger partial charge < -0.3 is 9.88 Å². The Hall–Kier alpha value is -2.97. The lowest BCUT2D eigenvalue weighted by Crippen LogP contribution is -2.44. The van der Waals surface area contributed by atoms with E-state index >= 15 is 0 Å². The number of carbonyl (C=O) groups excluding carboxylic acids is 1. The van der Waals surface area contributed by atoms with E-state index in [1.165, 1.54) is 11.3 Å². The third-order valence-corrected chi connectivity index (χ3v) is 5.93. The summed E-state index contributed by atoms with van der Waals surface area (Å²) < 4.78 is 2.11. The zero-order valence-electron chi connectivity index (χ0n) is 14.5. The number of H-pyrrole nitrogens is 1. The van der Waals surface area contributed by atoms with Crippen LogP contribution in [0.15, 0.2) is 48.8 Å². The van der Waals surface area contributed by atoms with Gasteiger partial charge in [-0.3, -0.25) is 15.2 Å². The first kappa shape index (κ1) is 16.2. The predicted molar refractivity (Wildman–Crippen MR) is 106 cm³/mol. The molecule has 27 heavy (non-hydrogen) atoms. The lowest BCUT2D eigenvalue weighted by molar-refractivity contribution is 0.102. The number of amides is 1. The molecule has 1 fully saturated rings. The van der Waals surface area contributed by atoms with E-state index in [-0.39, 0.29) is 5.91 Å². The van der Waals surface area contributed by atoms with E-state index in [9.17, 15) is 4.79 Å². The van der Waals surface area contributed by atoms with Gasteiger partial charge in [0.05, 0.1) is 22.1 Å². The molecule has 0 aliphatic carbocycles. The number of carbonyl (C=O) groups is 1. The minimum Gasteiger partial charge on any atom is -0.316 e. The Labute approximate surface area is 159 Å². The van der Waals surface area contributed by atoms with E-state index in [4.69, 9.17) is 0 Å². The number of imidazole rings is 1. The monoisotopic (exact) mass is 378 g/mol. The third kappa shape index (κ3) is 3.02. The van der Waals surface area contributed by atoms with Crippen LogP contribution in [-0.2, 0) is 6.54 Å². The zero-order chi connectivity index (χ0) is 18.2. The summed E-state index contributed by atoms with van der Waals surface area (Å²) >= 11 is 1.44. The van der Waals surface area contributed by atoms with Gasteiger partial charge in [-0.25, -0.2) is 4.98 Å². The molecule has 4 heterocycles. The Bertz CT molecular complexity index is 1090. The number of hydrogen-bond acceptors (Lipinski definition) is 5. The van der Waals surface area contributed by atoms with Gasteiger partial charge in [0.15, 0.2) is 0 Å². The van der Waals surface area contributed by atoms with Crippen LogP contribution in [0.25, 0.3) is 21.5 Å². The number of hydrogen-bond donors (Lipinski definition) is 3. The highest BCUT2D eigenvalue weighted by molar-refractivity contribution is 7.17. The summed E-state index contributed by atoms with van der Waals surface area (Å²) in [5.41, 5.74) is 2.92. The fourth-order valence-corrected chi connectivity index (χ4v) is 4.14. The van der Waals surface area contributed by atoms with Gasteiger partial charge in [-0.15, -0.1) is 11.3 Å². The summed E-state index contributed by atoms with van der Waals surface area (Å²) in [6.07, 6.45) is 3.57. The van der Waals surface area contributed by atoms with Gasteiger partial charge in [0, 0.05) is 42.2 Å². The largest absolute Gasteiger partial charge is 0.316 e. The molecule has 3 N–H and O–H groups in total. The molecule has 0 saturated carbocycles. The Kier molecular flexibility index (Phi) is 3.99. The molecule has 1 aromatic carbocycles. The van der Waals surface area contributed by atoms with Gasteiger partial charge in [0.1, 0.15) is 0 Å². The lowest BCUT2D eigenvalue weighted by atomic mass is 10.0. The molecular weight excluding hydrogens is 360 g/mol. The van der Waals surface area contributed by atoms with Crippen molar-refractivity contribution in [3.05, 3.63) is 53.7 Å². The fraction of sp³-hybridized carbons (Fsp3) is 0.211. The second-order valence-electron chi connectivity index (χ2n) is 6.66. The minimum absolute atomic E-state index is 0.141. The van der Waals surface area contributed by atoms with Crippen molar-refractivity contribution in [3.63, 3.8) is 0 Å². The second kappa shape index (κ2) is 6.64. The van der Waals surface area contributed by atoms with Crippen LogP contribution in [0.4, 0.5) is 5.95 Å². The van der Waals surface area contributed by atoms with Crippen LogP contribution in [0.1, 0.15) is 9.67 Å². The highest BCUT2D eigenvalue weighted by Crippen LogP contribution is 2.28. The molecular formula is C19H18N6OS. The van der Waals surface area contributed by atoms with Crippen molar-refractivity contribution in [2.45, 2.75) is 6.54 Å². The average Bonchev–Trinajstić information content (AvgIpc) is 3.37. The van der Waals surface area contributed by atoms with Crippen molar-refractivity contribution in [1.29, 1.82) is 0 Å². The van der Waals surface area contributed by atoms with Crippen molar-refractivity contribution in [1.82, 2.24) is 25.1 Å². The van der Waals surface area contributed by atoms with Gasteiger partial charge in [-0.2, -0.15) is 5.10 Å².